The van der Waals surface area contributed by atoms with Crippen molar-refractivity contribution in [3.8, 4) is 5.75 Å². The van der Waals surface area contributed by atoms with E-state index in [1.54, 1.807) is 23.1 Å². The quantitative estimate of drug-likeness (QED) is 0.433. The third kappa shape index (κ3) is 5.97. The number of aromatic nitrogens is 1. The van der Waals surface area contributed by atoms with Crippen LogP contribution in [0.2, 0.25) is 0 Å². The standard InChI is InChI=1S/C26H30FN3O2S/c1-19-8-7-11-24(20(19)2)32-17-25-28-21(18-33-25)16-30(15-14-29-12-5-6-13-29)26(31)22-9-3-4-10-23(22)27/h3-4,7-11,18H,5-6,12-17H2,1-2H3. The Morgan fingerprint density at radius 2 is 1.94 bits per heavy atom. The van der Waals surface area contributed by atoms with Crippen molar-refractivity contribution < 1.29 is 13.9 Å². The summed E-state index contributed by atoms with van der Waals surface area (Å²) < 4.78 is 20.3. The maximum Gasteiger partial charge on any atom is 0.257 e. The van der Waals surface area contributed by atoms with E-state index in [-0.39, 0.29) is 11.5 Å². The van der Waals surface area contributed by atoms with E-state index >= 15 is 0 Å². The molecule has 1 aliphatic rings. The van der Waals surface area contributed by atoms with Gasteiger partial charge in [-0.05, 0) is 69.1 Å². The molecule has 0 unspecified atom stereocenters. The summed E-state index contributed by atoms with van der Waals surface area (Å²) >= 11 is 1.52. The van der Waals surface area contributed by atoms with Crippen LogP contribution in [0.3, 0.4) is 0 Å². The van der Waals surface area contributed by atoms with Crippen molar-refractivity contribution in [2.24, 2.45) is 0 Å². The molecule has 1 amide bonds. The topological polar surface area (TPSA) is 45.7 Å². The van der Waals surface area contributed by atoms with Crippen LogP contribution in [0.4, 0.5) is 4.39 Å². The Hall–Kier alpha value is -2.77. The molecule has 1 fully saturated rings. The summed E-state index contributed by atoms with van der Waals surface area (Å²) in [6.45, 7) is 8.27. The fraction of sp³-hybridized carbons (Fsp3) is 0.385. The van der Waals surface area contributed by atoms with Crippen LogP contribution in [0.5, 0.6) is 5.75 Å². The Morgan fingerprint density at radius 3 is 2.73 bits per heavy atom. The second kappa shape index (κ2) is 10.9. The van der Waals surface area contributed by atoms with E-state index < -0.39 is 5.82 Å². The molecule has 1 aliphatic heterocycles. The number of amides is 1. The predicted octanol–water partition coefficient (Wildman–Crippen LogP) is 5.22. The minimum absolute atomic E-state index is 0.104. The number of benzene rings is 2. The molecule has 5 nitrogen and oxygen atoms in total. The molecule has 7 heteroatoms. The average Bonchev–Trinajstić information content (AvgIpc) is 3.49. The summed E-state index contributed by atoms with van der Waals surface area (Å²) in [6, 6.07) is 12.2. The van der Waals surface area contributed by atoms with Gasteiger partial charge in [0, 0.05) is 18.5 Å². The maximum atomic E-state index is 14.3. The highest BCUT2D eigenvalue weighted by atomic mass is 32.1. The van der Waals surface area contributed by atoms with Crippen LogP contribution in [-0.2, 0) is 13.2 Å². The van der Waals surface area contributed by atoms with E-state index in [0.29, 0.717) is 19.7 Å². The number of thiazole rings is 1. The first-order valence-electron chi connectivity index (χ1n) is 11.4. The molecule has 4 rings (SSSR count). The Morgan fingerprint density at radius 1 is 1.15 bits per heavy atom. The summed E-state index contributed by atoms with van der Waals surface area (Å²) in [5, 5.41) is 2.81. The van der Waals surface area contributed by atoms with Crippen LogP contribution in [0.15, 0.2) is 47.8 Å². The summed E-state index contributed by atoms with van der Waals surface area (Å²) in [5.74, 6) is 0.0665. The molecule has 1 aromatic heterocycles. The minimum atomic E-state index is -0.491. The molecule has 2 heterocycles. The molecule has 2 aromatic carbocycles. The molecular formula is C26H30FN3O2S. The van der Waals surface area contributed by atoms with Crippen molar-refractivity contribution in [1.82, 2.24) is 14.8 Å². The molecule has 0 aliphatic carbocycles. The number of halogens is 1. The van der Waals surface area contributed by atoms with Crippen molar-refractivity contribution in [2.75, 3.05) is 26.2 Å². The van der Waals surface area contributed by atoms with Gasteiger partial charge in [-0.2, -0.15) is 0 Å². The highest BCUT2D eigenvalue weighted by Gasteiger charge is 2.22. The normalized spacial score (nSPS) is 13.9. The first-order chi connectivity index (χ1) is 16.0. The van der Waals surface area contributed by atoms with E-state index in [2.05, 4.69) is 22.9 Å². The van der Waals surface area contributed by atoms with Gasteiger partial charge in [-0.15, -0.1) is 11.3 Å². The predicted molar refractivity (Wildman–Crippen MR) is 129 cm³/mol. The number of nitrogens with zero attached hydrogens (tertiary/aromatic N) is 3. The summed E-state index contributed by atoms with van der Waals surface area (Å²) in [7, 11) is 0. The molecule has 0 N–H and O–H groups in total. The van der Waals surface area contributed by atoms with Crippen LogP contribution in [0, 0.1) is 19.7 Å². The van der Waals surface area contributed by atoms with Crippen molar-refractivity contribution in [3.63, 3.8) is 0 Å². The minimum Gasteiger partial charge on any atom is -0.486 e. The number of hydrogen-bond donors (Lipinski definition) is 0. The summed E-state index contributed by atoms with van der Waals surface area (Å²) in [4.78, 5) is 21.9. The zero-order chi connectivity index (χ0) is 23.2. The molecule has 1 saturated heterocycles. The van der Waals surface area contributed by atoms with Crippen molar-refractivity contribution in [2.45, 2.75) is 39.8 Å². The SMILES string of the molecule is Cc1cccc(OCc2nc(CN(CCN3CCCC3)C(=O)c3ccccc3F)cs2)c1C. The molecule has 3 aromatic rings. The number of aryl methyl sites for hydroxylation is 1. The van der Waals surface area contributed by atoms with Crippen molar-refractivity contribution in [1.29, 1.82) is 0 Å². The number of ether oxygens (including phenoxy) is 1. The number of carbonyl (C=O) groups excluding carboxylic acids is 1. The third-order valence-corrected chi connectivity index (χ3v) is 7.01. The Bertz CT molecular complexity index is 1090. The van der Waals surface area contributed by atoms with Gasteiger partial charge in [0.2, 0.25) is 0 Å². The Kier molecular flexibility index (Phi) is 7.73. The number of rotatable bonds is 9. The highest BCUT2D eigenvalue weighted by molar-refractivity contribution is 7.09. The third-order valence-electron chi connectivity index (χ3n) is 6.13. The molecular weight excluding hydrogens is 437 g/mol. The largest absolute Gasteiger partial charge is 0.486 e. The van der Waals surface area contributed by atoms with Gasteiger partial charge in [-0.25, -0.2) is 9.37 Å². The van der Waals surface area contributed by atoms with Gasteiger partial charge in [0.05, 0.1) is 17.8 Å². The average molecular weight is 468 g/mol. The maximum absolute atomic E-state index is 14.3. The highest BCUT2D eigenvalue weighted by Crippen LogP contribution is 2.23. The zero-order valence-corrected chi connectivity index (χ0v) is 20.0. The summed E-state index contributed by atoms with van der Waals surface area (Å²) in [6.07, 6.45) is 2.38. The zero-order valence-electron chi connectivity index (χ0n) is 19.2. The molecule has 0 spiro atoms. The fourth-order valence-electron chi connectivity index (χ4n) is 4.03. The fourth-order valence-corrected chi connectivity index (χ4v) is 4.73. The number of hydrogen-bond acceptors (Lipinski definition) is 5. The van der Waals surface area contributed by atoms with Gasteiger partial charge in [0.25, 0.3) is 5.91 Å². The number of likely N-dealkylation sites (tertiary alicyclic amines) is 1. The molecule has 0 bridgehead atoms. The molecule has 174 valence electrons. The molecule has 0 saturated carbocycles. The van der Waals surface area contributed by atoms with Gasteiger partial charge < -0.3 is 14.5 Å². The van der Waals surface area contributed by atoms with Gasteiger partial charge in [-0.1, -0.05) is 24.3 Å². The van der Waals surface area contributed by atoms with Crippen molar-refractivity contribution in [3.05, 3.63) is 81.1 Å². The monoisotopic (exact) mass is 467 g/mol. The molecule has 0 radical (unpaired) electrons. The first kappa shape index (κ1) is 23.4. The van der Waals surface area contributed by atoms with Gasteiger partial charge in [0.1, 0.15) is 23.2 Å². The van der Waals surface area contributed by atoms with Gasteiger partial charge in [0.15, 0.2) is 0 Å². The van der Waals surface area contributed by atoms with Crippen LogP contribution in [-0.4, -0.2) is 46.9 Å². The van der Waals surface area contributed by atoms with Gasteiger partial charge in [-0.3, -0.25) is 4.79 Å². The van der Waals surface area contributed by atoms with Gasteiger partial charge >= 0.3 is 0 Å². The van der Waals surface area contributed by atoms with E-state index in [0.717, 1.165) is 41.6 Å². The Labute approximate surface area is 198 Å². The van der Waals surface area contributed by atoms with Crippen molar-refractivity contribution >= 4 is 17.2 Å². The second-order valence-corrected chi connectivity index (χ2v) is 9.42. The molecule has 0 atom stereocenters. The van der Waals surface area contributed by atoms with Crippen LogP contribution in [0.25, 0.3) is 0 Å². The summed E-state index contributed by atoms with van der Waals surface area (Å²) in [5.41, 5.74) is 3.21. The van der Waals surface area contributed by atoms with E-state index in [9.17, 15) is 9.18 Å². The lowest BCUT2D eigenvalue weighted by Crippen LogP contribution is -2.38. The second-order valence-electron chi connectivity index (χ2n) is 8.47. The number of carbonyl (C=O) groups is 1. The van der Waals surface area contributed by atoms with Crippen LogP contribution < -0.4 is 4.74 Å². The van der Waals surface area contributed by atoms with Crippen LogP contribution in [0.1, 0.15) is 45.0 Å². The first-order valence-corrected chi connectivity index (χ1v) is 12.3. The smallest absolute Gasteiger partial charge is 0.257 e. The lowest BCUT2D eigenvalue weighted by molar-refractivity contribution is 0.0720. The molecule has 33 heavy (non-hydrogen) atoms. The lowest BCUT2D eigenvalue weighted by atomic mass is 10.1. The van der Waals surface area contributed by atoms with Crippen LogP contribution >= 0.6 is 11.3 Å². The van der Waals surface area contributed by atoms with E-state index in [1.807, 2.05) is 24.4 Å². The Balaban J connectivity index is 1.44. The van der Waals surface area contributed by atoms with E-state index in [1.165, 1.54) is 35.8 Å². The lowest BCUT2D eigenvalue weighted by Gasteiger charge is -2.25. The van der Waals surface area contributed by atoms with E-state index in [4.69, 9.17) is 4.74 Å².